The predicted molar refractivity (Wildman–Crippen MR) is 86.0 cm³/mol. The molecule has 0 aromatic carbocycles. The van der Waals surface area contributed by atoms with Crippen molar-refractivity contribution in [2.24, 2.45) is 0 Å². The molecule has 1 atom stereocenters. The molecule has 2 aliphatic rings. The summed E-state index contributed by atoms with van der Waals surface area (Å²) in [7, 11) is 0. The number of likely N-dealkylation sites (tertiary alicyclic amines) is 1. The number of rotatable bonds is 3. The van der Waals surface area contributed by atoms with E-state index >= 15 is 0 Å². The summed E-state index contributed by atoms with van der Waals surface area (Å²) < 4.78 is 0. The lowest BCUT2D eigenvalue weighted by Crippen LogP contribution is -2.58. The Kier molecular flexibility index (Phi) is 4.57. The van der Waals surface area contributed by atoms with Crippen molar-refractivity contribution >= 4 is 11.7 Å². The van der Waals surface area contributed by atoms with Gasteiger partial charge in [0.1, 0.15) is 17.7 Å². The van der Waals surface area contributed by atoms with E-state index in [9.17, 15) is 4.79 Å². The quantitative estimate of drug-likeness (QED) is 0.893. The van der Waals surface area contributed by atoms with Gasteiger partial charge >= 0.3 is 0 Å². The van der Waals surface area contributed by atoms with E-state index in [1.165, 1.54) is 0 Å². The molecule has 3 rings (SSSR count). The fraction of sp³-hybridized carbons (Fsp3) is 0.688. The fourth-order valence-corrected chi connectivity index (χ4v) is 3.27. The van der Waals surface area contributed by atoms with Crippen molar-refractivity contribution in [2.75, 3.05) is 37.6 Å². The molecule has 22 heavy (non-hydrogen) atoms. The maximum absolute atomic E-state index is 12.6. The zero-order chi connectivity index (χ0) is 15.5. The van der Waals surface area contributed by atoms with E-state index in [-0.39, 0.29) is 11.9 Å². The van der Waals surface area contributed by atoms with Crippen LogP contribution in [0, 0.1) is 6.92 Å². The number of amides is 1. The molecule has 0 saturated carbocycles. The molecule has 0 spiro atoms. The first kappa shape index (κ1) is 15.2. The molecular weight excluding hydrogens is 278 g/mol. The first-order chi connectivity index (χ1) is 10.7. The van der Waals surface area contributed by atoms with E-state index in [1.807, 2.05) is 18.0 Å². The third-order valence-electron chi connectivity index (χ3n) is 4.53. The van der Waals surface area contributed by atoms with Gasteiger partial charge in [0.15, 0.2) is 0 Å². The molecule has 1 aromatic rings. The van der Waals surface area contributed by atoms with Crippen LogP contribution in [0.3, 0.4) is 0 Å². The summed E-state index contributed by atoms with van der Waals surface area (Å²) in [5.74, 6) is 2.02. The van der Waals surface area contributed by atoms with Crippen molar-refractivity contribution in [1.82, 2.24) is 20.2 Å². The first-order valence-electron chi connectivity index (χ1n) is 8.28. The summed E-state index contributed by atoms with van der Waals surface area (Å²) in [5.41, 5.74) is 1.15. The van der Waals surface area contributed by atoms with Gasteiger partial charge in [0.05, 0.1) is 0 Å². The number of carbonyl (C=O) groups is 1. The third kappa shape index (κ3) is 3.06. The van der Waals surface area contributed by atoms with Crippen LogP contribution in [0.25, 0.3) is 0 Å². The van der Waals surface area contributed by atoms with Crippen LogP contribution >= 0.6 is 0 Å². The van der Waals surface area contributed by atoms with Crippen LogP contribution in [0.2, 0.25) is 0 Å². The number of carbonyl (C=O) groups excluding carboxylic acids is 1. The molecule has 2 fully saturated rings. The van der Waals surface area contributed by atoms with Crippen LogP contribution in [0.4, 0.5) is 5.82 Å². The number of anilines is 1. The van der Waals surface area contributed by atoms with E-state index in [0.717, 1.165) is 62.6 Å². The van der Waals surface area contributed by atoms with Crippen LogP contribution in [0.1, 0.15) is 31.2 Å². The maximum Gasteiger partial charge on any atom is 0.241 e. The normalized spacial score (nSPS) is 22.2. The Labute approximate surface area is 131 Å². The van der Waals surface area contributed by atoms with E-state index < -0.39 is 0 Å². The number of piperazine rings is 1. The molecular formula is C16H25N5O. The highest BCUT2D eigenvalue weighted by atomic mass is 16.2. The summed E-state index contributed by atoms with van der Waals surface area (Å²) in [6.45, 7) is 8.24. The van der Waals surface area contributed by atoms with Gasteiger partial charge in [0.25, 0.3) is 0 Å². The van der Waals surface area contributed by atoms with Gasteiger partial charge in [-0.15, -0.1) is 0 Å². The Balaban J connectivity index is 1.75. The Bertz CT molecular complexity index is 541. The maximum atomic E-state index is 12.6. The highest BCUT2D eigenvalue weighted by Crippen LogP contribution is 2.20. The molecule has 1 N–H and O–H groups in total. The van der Waals surface area contributed by atoms with E-state index in [0.29, 0.717) is 6.54 Å². The smallest absolute Gasteiger partial charge is 0.241 e. The van der Waals surface area contributed by atoms with Crippen molar-refractivity contribution in [1.29, 1.82) is 0 Å². The van der Waals surface area contributed by atoms with Crippen molar-refractivity contribution in [2.45, 2.75) is 39.2 Å². The molecule has 0 unspecified atom stereocenters. The van der Waals surface area contributed by atoms with Crippen molar-refractivity contribution in [3.05, 3.63) is 17.6 Å². The van der Waals surface area contributed by atoms with Crippen LogP contribution in [0.5, 0.6) is 0 Å². The summed E-state index contributed by atoms with van der Waals surface area (Å²) >= 11 is 0. The van der Waals surface area contributed by atoms with Gasteiger partial charge in [-0.1, -0.05) is 6.92 Å². The zero-order valence-electron chi connectivity index (χ0n) is 13.5. The molecule has 2 aliphatic heterocycles. The molecule has 2 saturated heterocycles. The van der Waals surface area contributed by atoms with Gasteiger partial charge in [-0.2, -0.15) is 0 Å². The Morgan fingerprint density at radius 2 is 2.14 bits per heavy atom. The third-order valence-corrected chi connectivity index (χ3v) is 4.53. The molecule has 3 heterocycles. The van der Waals surface area contributed by atoms with Crippen molar-refractivity contribution in [3.63, 3.8) is 0 Å². The SMILES string of the molecule is CCc1cnc(C)nc1N1CCN[C@@H](C(=O)N2CCCC2)C1. The Morgan fingerprint density at radius 3 is 2.86 bits per heavy atom. The molecule has 120 valence electrons. The summed E-state index contributed by atoms with van der Waals surface area (Å²) in [6, 6.07) is -0.119. The van der Waals surface area contributed by atoms with Crippen LogP contribution in [-0.4, -0.2) is 59.5 Å². The molecule has 0 aliphatic carbocycles. The second-order valence-corrected chi connectivity index (χ2v) is 6.10. The molecule has 0 bridgehead atoms. The minimum absolute atomic E-state index is 0.119. The summed E-state index contributed by atoms with van der Waals surface area (Å²) in [5, 5.41) is 3.37. The van der Waals surface area contributed by atoms with E-state index in [2.05, 4.69) is 27.1 Å². The summed E-state index contributed by atoms with van der Waals surface area (Å²) in [4.78, 5) is 25.7. The van der Waals surface area contributed by atoms with Crippen molar-refractivity contribution in [3.8, 4) is 0 Å². The average molecular weight is 303 g/mol. The minimum Gasteiger partial charge on any atom is -0.353 e. The topological polar surface area (TPSA) is 61.4 Å². The number of hydrogen-bond donors (Lipinski definition) is 1. The number of aromatic nitrogens is 2. The largest absolute Gasteiger partial charge is 0.353 e. The number of nitrogens with zero attached hydrogens (tertiary/aromatic N) is 4. The standard InChI is InChI=1S/C16H25N5O/c1-3-13-10-18-12(2)19-15(13)21-9-6-17-14(11-21)16(22)20-7-4-5-8-20/h10,14,17H,3-9,11H2,1-2H3/t14-/m1/s1. The Morgan fingerprint density at radius 1 is 1.36 bits per heavy atom. The number of hydrogen-bond acceptors (Lipinski definition) is 5. The molecule has 6 nitrogen and oxygen atoms in total. The highest BCUT2D eigenvalue weighted by Gasteiger charge is 2.31. The van der Waals surface area contributed by atoms with Crippen molar-refractivity contribution < 1.29 is 4.79 Å². The van der Waals surface area contributed by atoms with Gasteiger partial charge in [0.2, 0.25) is 5.91 Å². The van der Waals surface area contributed by atoms with E-state index in [4.69, 9.17) is 0 Å². The monoisotopic (exact) mass is 303 g/mol. The molecule has 1 aromatic heterocycles. The van der Waals surface area contributed by atoms with Gasteiger partial charge < -0.3 is 15.1 Å². The second-order valence-electron chi connectivity index (χ2n) is 6.10. The van der Waals surface area contributed by atoms with Gasteiger partial charge in [0, 0.05) is 44.5 Å². The number of aryl methyl sites for hydroxylation is 2. The van der Waals surface area contributed by atoms with Gasteiger partial charge in [-0.3, -0.25) is 4.79 Å². The molecule has 1 amide bonds. The van der Waals surface area contributed by atoms with Crippen LogP contribution in [0.15, 0.2) is 6.20 Å². The molecule has 6 heteroatoms. The fourth-order valence-electron chi connectivity index (χ4n) is 3.27. The van der Waals surface area contributed by atoms with Crippen LogP contribution < -0.4 is 10.2 Å². The van der Waals surface area contributed by atoms with E-state index in [1.54, 1.807) is 0 Å². The predicted octanol–water partition coefficient (Wildman–Crippen LogP) is 0.748. The van der Waals surface area contributed by atoms with Crippen LogP contribution in [-0.2, 0) is 11.2 Å². The summed E-state index contributed by atoms with van der Waals surface area (Å²) in [6.07, 6.45) is 5.09. The molecule has 0 radical (unpaired) electrons. The minimum atomic E-state index is -0.119. The lowest BCUT2D eigenvalue weighted by atomic mass is 10.1. The lowest BCUT2D eigenvalue weighted by Gasteiger charge is -2.36. The van der Waals surface area contributed by atoms with Gasteiger partial charge in [-0.05, 0) is 26.2 Å². The zero-order valence-corrected chi connectivity index (χ0v) is 13.5. The van der Waals surface area contributed by atoms with Gasteiger partial charge in [-0.25, -0.2) is 9.97 Å². The second kappa shape index (κ2) is 6.60. The Hall–Kier alpha value is -1.69. The highest BCUT2D eigenvalue weighted by molar-refractivity contribution is 5.83. The average Bonchev–Trinajstić information content (AvgIpc) is 3.08. The number of nitrogens with one attached hydrogen (secondary N) is 1. The first-order valence-corrected chi connectivity index (χ1v) is 8.28. The lowest BCUT2D eigenvalue weighted by molar-refractivity contribution is -0.132.